The lowest BCUT2D eigenvalue weighted by Gasteiger charge is -2.10. The zero-order chi connectivity index (χ0) is 22.1. The Morgan fingerprint density at radius 1 is 1.20 bits per heavy atom. The van der Waals surface area contributed by atoms with Crippen LogP contribution in [0.5, 0.6) is 0 Å². The number of halogens is 5. The van der Waals surface area contributed by atoms with Crippen LogP contribution in [-0.4, -0.2) is 26.2 Å². The van der Waals surface area contributed by atoms with Gasteiger partial charge in [0.2, 0.25) is 0 Å². The van der Waals surface area contributed by atoms with Gasteiger partial charge in [-0.1, -0.05) is 28.4 Å². The van der Waals surface area contributed by atoms with Crippen molar-refractivity contribution in [1.29, 1.82) is 0 Å². The van der Waals surface area contributed by atoms with E-state index in [0.29, 0.717) is 22.7 Å². The fraction of sp³-hybridized carbons (Fsp3) is 0.158. The van der Waals surface area contributed by atoms with Gasteiger partial charge < -0.3 is 4.84 Å². The Morgan fingerprint density at radius 3 is 2.47 bits per heavy atom. The van der Waals surface area contributed by atoms with E-state index in [1.807, 2.05) is 0 Å². The van der Waals surface area contributed by atoms with Crippen molar-refractivity contribution in [2.45, 2.75) is 20.0 Å². The predicted octanol–water partition coefficient (Wildman–Crippen LogP) is 5.48. The minimum absolute atomic E-state index is 0.0758. The number of hydrogen-bond donors (Lipinski definition) is 0. The maximum absolute atomic E-state index is 12.8. The smallest absolute Gasteiger partial charge is 0.312 e. The van der Waals surface area contributed by atoms with Gasteiger partial charge >= 0.3 is 12.1 Å². The topological polar surface area (TPSA) is 69.4 Å². The summed E-state index contributed by atoms with van der Waals surface area (Å²) in [7, 11) is 0. The normalized spacial score (nSPS) is 12.2. The minimum atomic E-state index is -4.55. The molecule has 0 atom stereocenters. The molecule has 0 aliphatic heterocycles. The van der Waals surface area contributed by atoms with Gasteiger partial charge in [0.05, 0.1) is 16.1 Å². The monoisotopic (exact) mass is 456 g/mol. The number of carbonyl (C=O) groups excluding carboxylic acids is 1. The van der Waals surface area contributed by atoms with Gasteiger partial charge in [-0.25, -0.2) is 14.8 Å². The van der Waals surface area contributed by atoms with Gasteiger partial charge in [0.1, 0.15) is 17.2 Å². The maximum Gasteiger partial charge on any atom is 0.417 e. The molecule has 0 aliphatic carbocycles. The number of alkyl halides is 3. The van der Waals surface area contributed by atoms with Gasteiger partial charge in [-0.2, -0.15) is 13.2 Å². The zero-order valence-corrected chi connectivity index (χ0v) is 17.0. The van der Waals surface area contributed by atoms with Crippen LogP contribution < -0.4 is 0 Å². The molecular formula is C19H13Cl2F3N4O2. The Morgan fingerprint density at radius 2 is 1.87 bits per heavy atom. The second kappa shape index (κ2) is 8.45. The largest absolute Gasteiger partial charge is 0.417 e. The van der Waals surface area contributed by atoms with Crippen LogP contribution in [0.15, 0.2) is 47.9 Å². The average molecular weight is 457 g/mol. The molecule has 0 spiro atoms. The van der Waals surface area contributed by atoms with E-state index in [9.17, 15) is 18.0 Å². The molecule has 11 heteroatoms. The van der Waals surface area contributed by atoms with Crippen LogP contribution in [0.2, 0.25) is 10.0 Å². The third-order valence-corrected chi connectivity index (χ3v) is 4.51. The third-order valence-electron chi connectivity index (χ3n) is 3.98. The Hall–Kier alpha value is -2.91. The van der Waals surface area contributed by atoms with E-state index in [4.69, 9.17) is 28.0 Å². The molecule has 1 aromatic carbocycles. The number of imidazole rings is 1. The molecule has 0 amide bonds. The number of nitrogens with zero attached hydrogens (tertiary/aromatic N) is 4. The summed E-state index contributed by atoms with van der Waals surface area (Å²) in [4.78, 5) is 25.0. The molecule has 0 N–H and O–H groups in total. The van der Waals surface area contributed by atoms with E-state index < -0.39 is 17.7 Å². The summed E-state index contributed by atoms with van der Waals surface area (Å²) in [6.45, 7) is 3.18. The molecule has 2 heterocycles. The quantitative estimate of drug-likeness (QED) is 0.296. The third kappa shape index (κ3) is 4.80. The molecule has 0 unspecified atom stereocenters. The molecule has 3 rings (SSSR count). The van der Waals surface area contributed by atoms with Crippen LogP contribution in [0.4, 0.5) is 13.2 Å². The second-order valence-electron chi connectivity index (χ2n) is 6.13. The lowest BCUT2D eigenvalue weighted by Crippen LogP contribution is -2.08. The number of aromatic nitrogens is 3. The molecule has 6 nitrogen and oxygen atoms in total. The van der Waals surface area contributed by atoms with Crippen molar-refractivity contribution in [2.24, 2.45) is 5.16 Å². The van der Waals surface area contributed by atoms with Gasteiger partial charge in [-0.3, -0.25) is 4.57 Å². The highest BCUT2D eigenvalue weighted by Crippen LogP contribution is 2.32. The van der Waals surface area contributed by atoms with Crippen LogP contribution in [0.1, 0.15) is 34.4 Å². The molecule has 30 heavy (non-hydrogen) atoms. The molecule has 156 valence electrons. The minimum Gasteiger partial charge on any atom is -0.312 e. The first-order valence-corrected chi connectivity index (χ1v) is 9.13. The van der Waals surface area contributed by atoms with E-state index in [0.717, 1.165) is 6.07 Å². The molecule has 0 bridgehead atoms. The van der Waals surface area contributed by atoms with Crippen molar-refractivity contribution in [1.82, 2.24) is 14.5 Å². The summed E-state index contributed by atoms with van der Waals surface area (Å²) < 4.78 is 39.8. The number of oxime groups is 1. The zero-order valence-electron chi connectivity index (χ0n) is 15.5. The highest BCUT2D eigenvalue weighted by molar-refractivity contribution is 6.32. The van der Waals surface area contributed by atoms with Gasteiger partial charge in [0.15, 0.2) is 5.82 Å². The summed E-state index contributed by atoms with van der Waals surface area (Å²) in [5.41, 5.74) is -0.101. The summed E-state index contributed by atoms with van der Waals surface area (Å²) in [5.74, 6) is -0.209. The van der Waals surface area contributed by atoms with Crippen molar-refractivity contribution in [2.75, 3.05) is 0 Å². The first kappa shape index (κ1) is 21.8. The second-order valence-corrected chi connectivity index (χ2v) is 6.98. The first-order chi connectivity index (χ1) is 14.1. The lowest BCUT2D eigenvalue weighted by atomic mass is 10.2. The first-order valence-electron chi connectivity index (χ1n) is 8.37. The molecular weight excluding hydrogens is 444 g/mol. The van der Waals surface area contributed by atoms with Gasteiger partial charge in [-0.15, -0.1) is 0 Å². The van der Waals surface area contributed by atoms with Crippen molar-refractivity contribution < 1.29 is 22.8 Å². The van der Waals surface area contributed by atoms with E-state index in [2.05, 4.69) is 15.1 Å². The van der Waals surface area contributed by atoms with Crippen molar-refractivity contribution >= 4 is 34.9 Å². The van der Waals surface area contributed by atoms with E-state index in [1.54, 1.807) is 26.0 Å². The standard InChI is InChI=1S/C19H13Cl2F3N4O2/c1-10(27-30-18(29)12-3-5-14(20)6-4-12)16-9-28(11(2)26-16)17-15(21)7-13(8-25-17)19(22,23)24/h3-9H,1-2H3/b27-10+. The average Bonchev–Trinajstić information content (AvgIpc) is 3.07. The summed E-state index contributed by atoms with van der Waals surface area (Å²) >= 11 is 11.8. The number of rotatable bonds is 4. The number of hydrogen-bond acceptors (Lipinski definition) is 5. The van der Waals surface area contributed by atoms with Crippen molar-refractivity contribution in [3.63, 3.8) is 0 Å². The number of aryl methyl sites for hydroxylation is 1. The Labute approximate surface area is 178 Å². The number of pyridine rings is 1. The molecule has 3 aromatic rings. The molecule has 0 fully saturated rings. The molecule has 2 aromatic heterocycles. The van der Waals surface area contributed by atoms with Crippen LogP contribution in [0.25, 0.3) is 5.82 Å². The fourth-order valence-electron chi connectivity index (χ4n) is 2.42. The Balaban J connectivity index is 1.82. The Kier molecular flexibility index (Phi) is 6.14. The summed E-state index contributed by atoms with van der Waals surface area (Å²) in [6.07, 6.45) is -2.39. The molecule has 0 saturated carbocycles. The molecule has 0 saturated heterocycles. The number of carbonyl (C=O) groups is 1. The molecule has 0 radical (unpaired) electrons. The van der Waals surface area contributed by atoms with E-state index in [1.165, 1.54) is 22.9 Å². The van der Waals surface area contributed by atoms with Crippen LogP contribution in [-0.2, 0) is 11.0 Å². The van der Waals surface area contributed by atoms with Crippen molar-refractivity contribution in [3.05, 3.63) is 75.4 Å². The highest BCUT2D eigenvalue weighted by atomic mass is 35.5. The van der Waals surface area contributed by atoms with Crippen LogP contribution >= 0.6 is 23.2 Å². The fourth-order valence-corrected chi connectivity index (χ4v) is 2.80. The summed E-state index contributed by atoms with van der Waals surface area (Å²) in [6, 6.07) is 6.86. The predicted molar refractivity (Wildman–Crippen MR) is 105 cm³/mol. The number of benzene rings is 1. The molecule has 0 aliphatic rings. The summed E-state index contributed by atoms with van der Waals surface area (Å²) in [5, 5.41) is 4.05. The van der Waals surface area contributed by atoms with E-state index >= 15 is 0 Å². The maximum atomic E-state index is 12.8. The highest BCUT2D eigenvalue weighted by Gasteiger charge is 2.31. The van der Waals surface area contributed by atoms with Gasteiger partial charge in [0.25, 0.3) is 0 Å². The van der Waals surface area contributed by atoms with E-state index in [-0.39, 0.29) is 22.1 Å². The SMILES string of the molecule is C/C(=N\OC(=O)c1ccc(Cl)cc1)c1cn(-c2ncc(C(F)(F)F)cc2Cl)c(C)n1. The van der Waals surface area contributed by atoms with Crippen molar-refractivity contribution in [3.8, 4) is 5.82 Å². The van der Waals surface area contributed by atoms with Crippen LogP contribution in [0, 0.1) is 6.92 Å². The van der Waals surface area contributed by atoms with Crippen LogP contribution in [0.3, 0.4) is 0 Å². The van der Waals surface area contributed by atoms with Gasteiger partial charge in [0, 0.05) is 17.4 Å². The Bertz CT molecular complexity index is 1130. The van der Waals surface area contributed by atoms with Gasteiger partial charge in [-0.05, 0) is 44.2 Å². The lowest BCUT2D eigenvalue weighted by molar-refractivity contribution is -0.137.